The normalized spacial score (nSPS) is 11.3. The maximum absolute atomic E-state index is 12.8. The topological polar surface area (TPSA) is 32.3 Å². The summed E-state index contributed by atoms with van der Waals surface area (Å²) in [6.45, 7) is 6.85. The van der Waals surface area contributed by atoms with E-state index < -0.39 is 17.6 Å². The minimum atomic E-state index is -4.46. The molecule has 1 amide bonds. The standard InChI is InChI=1S/C14H19F3N2O/c1-4-18-12-8-7-10(14(15,16)17)9-11(12)13(20)19(5-2)6-3/h7-9,18H,4-6H2,1-3H3. The highest BCUT2D eigenvalue weighted by Gasteiger charge is 2.32. The first-order valence-electron chi connectivity index (χ1n) is 6.59. The highest BCUT2D eigenvalue weighted by atomic mass is 19.4. The van der Waals surface area contributed by atoms with Crippen LogP contribution >= 0.6 is 0 Å². The van der Waals surface area contributed by atoms with Crippen molar-refractivity contribution in [3.05, 3.63) is 29.3 Å². The fraction of sp³-hybridized carbons (Fsp3) is 0.500. The molecule has 0 spiro atoms. The summed E-state index contributed by atoms with van der Waals surface area (Å²) in [5.74, 6) is -0.392. The molecular formula is C14H19F3N2O. The molecular weight excluding hydrogens is 269 g/mol. The molecule has 0 aliphatic carbocycles. The summed E-state index contributed by atoms with van der Waals surface area (Å²) in [5, 5.41) is 2.92. The Kier molecular flexibility index (Phi) is 5.42. The van der Waals surface area contributed by atoms with Crippen LogP contribution in [0.1, 0.15) is 36.7 Å². The maximum Gasteiger partial charge on any atom is 0.416 e. The lowest BCUT2D eigenvalue weighted by Gasteiger charge is -2.21. The molecule has 0 aliphatic heterocycles. The summed E-state index contributed by atoms with van der Waals surface area (Å²) < 4.78 is 38.3. The Morgan fingerprint density at radius 1 is 1.20 bits per heavy atom. The van der Waals surface area contributed by atoms with Gasteiger partial charge in [0.15, 0.2) is 0 Å². The van der Waals surface area contributed by atoms with E-state index in [1.807, 2.05) is 6.92 Å². The van der Waals surface area contributed by atoms with Gasteiger partial charge in [-0.2, -0.15) is 13.2 Å². The Bertz CT molecular complexity index is 468. The average Bonchev–Trinajstić information content (AvgIpc) is 2.39. The second-order valence-corrected chi connectivity index (χ2v) is 4.27. The van der Waals surface area contributed by atoms with E-state index in [1.165, 1.54) is 11.0 Å². The summed E-state index contributed by atoms with van der Waals surface area (Å²) in [6.07, 6.45) is -4.46. The number of halogens is 3. The van der Waals surface area contributed by atoms with Crippen molar-refractivity contribution in [3.63, 3.8) is 0 Å². The van der Waals surface area contributed by atoms with E-state index in [-0.39, 0.29) is 5.56 Å². The number of anilines is 1. The number of amides is 1. The molecule has 112 valence electrons. The SMILES string of the molecule is CCNc1ccc(C(F)(F)F)cc1C(=O)N(CC)CC. The van der Waals surface area contributed by atoms with Crippen LogP contribution in [0.15, 0.2) is 18.2 Å². The highest BCUT2D eigenvalue weighted by molar-refractivity contribution is 5.99. The molecule has 0 atom stereocenters. The van der Waals surface area contributed by atoms with Gasteiger partial charge in [0.25, 0.3) is 5.91 Å². The molecule has 1 N–H and O–H groups in total. The van der Waals surface area contributed by atoms with Gasteiger partial charge in [-0.25, -0.2) is 0 Å². The smallest absolute Gasteiger partial charge is 0.385 e. The lowest BCUT2D eigenvalue weighted by Crippen LogP contribution is -2.31. The van der Waals surface area contributed by atoms with Crippen molar-refractivity contribution in [1.29, 1.82) is 0 Å². The van der Waals surface area contributed by atoms with Gasteiger partial charge in [0, 0.05) is 25.3 Å². The number of rotatable bonds is 5. The molecule has 6 heteroatoms. The summed E-state index contributed by atoms with van der Waals surface area (Å²) in [5.41, 5.74) is -0.322. The lowest BCUT2D eigenvalue weighted by atomic mass is 10.1. The molecule has 0 aliphatic rings. The van der Waals surface area contributed by atoms with Crippen LogP contribution in [0.25, 0.3) is 0 Å². The molecule has 1 aromatic carbocycles. The van der Waals surface area contributed by atoms with Gasteiger partial charge in [-0.3, -0.25) is 4.79 Å². The third kappa shape index (κ3) is 3.65. The summed E-state index contributed by atoms with van der Waals surface area (Å²) in [4.78, 5) is 13.8. The van der Waals surface area contributed by atoms with Crippen molar-refractivity contribution >= 4 is 11.6 Å². The van der Waals surface area contributed by atoms with Gasteiger partial charge in [-0.05, 0) is 39.0 Å². The maximum atomic E-state index is 12.8. The number of carbonyl (C=O) groups is 1. The third-order valence-electron chi connectivity index (χ3n) is 3.00. The predicted octanol–water partition coefficient (Wildman–Crippen LogP) is 3.62. The minimum Gasteiger partial charge on any atom is -0.385 e. The molecule has 0 radical (unpaired) electrons. The van der Waals surface area contributed by atoms with Crippen LogP contribution in [-0.4, -0.2) is 30.4 Å². The van der Waals surface area contributed by atoms with Crippen molar-refractivity contribution < 1.29 is 18.0 Å². The van der Waals surface area contributed by atoms with Crippen LogP contribution in [0.2, 0.25) is 0 Å². The number of nitrogens with zero attached hydrogens (tertiary/aromatic N) is 1. The summed E-state index contributed by atoms with van der Waals surface area (Å²) >= 11 is 0. The van der Waals surface area contributed by atoms with E-state index in [9.17, 15) is 18.0 Å². The number of alkyl halides is 3. The molecule has 3 nitrogen and oxygen atoms in total. The Balaban J connectivity index is 3.28. The Morgan fingerprint density at radius 3 is 2.25 bits per heavy atom. The Hall–Kier alpha value is -1.72. The van der Waals surface area contributed by atoms with Gasteiger partial charge < -0.3 is 10.2 Å². The molecule has 20 heavy (non-hydrogen) atoms. The molecule has 0 fully saturated rings. The number of carbonyl (C=O) groups excluding carboxylic acids is 1. The quantitative estimate of drug-likeness (QED) is 0.897. The molecule has 1 aromatic rings. The van der Waals surface area contributed by atoms with E-state index in [0.717, 1.165) is 12.1 Å². The summed E-state index contributed by atoms with van der Waals surface area (Å²) in [6, 6.07) is 3.21. The van der Waals surface area contributed by atoms with E-state index in [2.05, 4.69) is 5.32 Å². The number of hydrogen-bond donors (Lipinski definition) is 1. The fourth-order valence-electron chi connectivity index (χ4n) is 1.92. The first kappa shape index (κ1) is 16.3. The summed E-state index contributed by atoms with van der Waals surface area (Å²) in [7, 11) is 0. The van der Waals surface area contributed by atoms with E-state index in [4.69, 9.17) is 0 Å². The van der Waals surface area contributed by atoms with E-state index in [0.29, 0.717) is 25.3 Å². The van der Waals surface area contributed by atoms with Crippen LogP contribution in [0.3, 0.4) is 0 Å². The second kappa shape index (κ2) is 6.63. The minimum absolute atomic E-state index is 0.0605. The van der Waals surface area contributed by atoms with Crippen molar-refractivity contribution in [1.82, 2.24) is 4.90 Å². The van der Waals surface area contributed by atoms with Gasteiger partial charge in [0.2, 0.25) is 0 Å². The highest BCUT2D eigenvalue weighted by Crippen LogP contribution is 2.32. The van der Waals surface area contributed by atoms with Gasteiger partial charge in [0.05, 0.1) is 11.1 Å². The van der Waals surface area contributed by atoms with Crippen LogP contribution in [0, 0.1) is 0 Å². The first-order chi connectivity index (χ1) is 9.35. The molecule has 0 saturated heterocycles. The zero-order chi connectivity index (χ0) is 15.3. The lowest BCUT2D eigenvalue weighted by molar-refractivity contribution is -0.137. The van der Waals surface area contributed by atoms with Gasteiger partial charge >= 0.3 is 6.18 Å². The molecule has 0 heterocycles. The zero-order valence-electron chi connectivity index (χ0n) is 11.8. The number of nitrogens with one attached hydrogen (secondary N) is 1. The number of benzene rings is 1. The monoisotopic (exact) mass is 288 g/mol. The molecule has 0 bridgehead atoms. The zero-order valence-corrected chi connectivity index (χ0v) is 11.8. The molecule has 0 saturated carbocycles. The van der Waals surface area contributed by atoms with Crippen molar-refractivity contribution in [2.24, 2.45) is 0 Å². The van der Waals surface area contributed by atoms with Crippen LogP contribution in [0.5, 0.6) is 0 Å². The second-order valence-electron chi connectivity index (χ2n) is 4.27. The molecule has 0 aromatic heterocycles. The van der Waals surface area contributed by atoms with Crippen molar-refractivity contribution in [2.45, 2.75) is 26.9 Å². The predicted molar refractivity (Wildman–Crippen MR) is 72.9 cm³/mol. The van der Waals surface area contributed by atoms with Crippen LogP contribution < -0.4 is 5.32 Å². The third-order valence-corrected chi connectivity index (χ3v) is 3.00. The van der Waals surface area contributed by atoms with Crippen LogP contribution in [0.4, 0.5) is 18.9 Å². The van der Waals surface area contributed by atoms with E-state index in [1.54, 1.807) is 13.8 Å². The average molecular weight is 288 g/mol. The Labute approximate surface area is 116 Å². The van der Waals surface area contributed by atoms with E-state index >= 15 is 0 Å². The Morgan fingerprint density at radius 2 is 1.80 bits per heavy atom. The van der Waals surface area contributed by atoms with Crippen molar-refractivity contribution in [2.75, 3.05) is 25.0 Å². The van der Waals surface area contributed by atoms with Gasteiger partial charge in [0.1, 0.15) is 0 Å². The van der Waals surface area contributed by atoms with Gasteiger partial charge in [-0.1, -0.05) is 0 Å². The largest absolute Gasteiger partial charge is 0.416 e. The molecule has 1 rings (SSSR count). The number of hydrogen-bond acceptors (Lipinski definition) is 2. The molecule has 0 unspecified atom stereocenters. The van der Waals surface area contributed by atoms with Gasteiger partial charge in [-0.15, -0.1) is 0 Å². The fourth-order valence-corrected chi connectivity index (χ4v) is 1.92. The van der Waals surface area contributed by atoms with Crippen molar-refractivity contribution in [3.8, 4) is 0 Å². The first-order valence-corrected chi connectivity index (χ1v) is 6.59. The van der Waals surface area contributed by atoms with Crippen LogP contribution in [-0.2, 0) is 6.18 Å².